The fourth-order valence-corrected chi connectivity index (χ4v) is 3.82. The van der Waals surface area contributed by atoms with E-state index in [0.717, 1.165) is 21.8 Å². The SMILES string of the molecule is CCOc1cc(CNc2ccc(C)c(Cl)c2)cc(Cl)c1OCc1c(Cl)cccc1Cl. The summed E-state index contributed by atoms with van der Waals surface area (Å²) in [5.41, 5.74) is 3.60. The van der Waals surface area contributed by atoms with Gasteiger partial charge in [0.25, 0.3) is 0 Å². The van der Waals surface area contributed by atoms with Gasteiger partial charge in [0.2, 0.25) is 0 Å². The fraction of sp³-hybridized carbons (Fsp3) is 0.217. The number of rotatable bonds is 8. The van der Waals surface area contributed by atoms with Gasteiger partial charge in [-0.25, -0.2) is 0 Å². The van der Waals surface area contributed by atoms with Gasteiger partial charge in [0.15, 0.2) is 11.5 Å². The van der Waals surface area contributed by atoms with Crippen LogP contribution in [0, 0.1) is 6.92 Å². The summed E-state index contributed by atoms with van der Waals surface area (Å²) in [5, 5.41) is 5.58. The molecule has 7 heteroatoms. The first kappa shape index (κ1) is 22.9. The topological polar surface area (TPSA) is 30.5 Å². The number of anilines is 1. The lowest BCUT2D eigenvalue weighted by Gasteiger charge is -2.17. The number of benzene rings is 3. The Kier molecular flexibility index (Phi) is 8.01. The van der Waals surface area contributed by atoms with Crippen LogP contribution in [0.3, 0.4) is 0 Å². The van der Waals surface area contributed by atoms with Crippen molar-refractivity contribution in [1.82, 2.24) is 0 Å². The Balaban J connectivity index is 1.78. The molecule has 3 aromatic rings. The van der Waals surface area contributed by atoms with Crippen molar-refractivity contribution in [1.29, 1.82) is 0 Å². The molecule has 30 heavy (non-hydrogen) atoms. The molecule has 3 aromatic carbocycles. The average Bonchev–Trinajstić information content (AvgIpc) is 2.70. The minimum absolute atomic E-state index is 0.178. The molecule has 0 radical (unpaired) electrons. The highest BCUT2D eigenvalue weighted by Gasteiger charge is 2.15. The van der Waals surface area contributed by atoms with E-state index >= 15 is 0 Å². The van der Waals surface area contributed by atoms with Gasteiger partial charge < -0.3 is 14.8 Å². The van der Waals surface area contributed by atoms with Gasteiger partial charge in [-0.1, -0.05) is 58.5 Å². The Morgan fingerprint density at radius 1 is 0.833 bits per heavy atom. The lowest BCUT2D eigenvalue weighted by atomic mass is 10.1. The number of ether oxygens (including phenoxy) is 2. The first-order valence-electron chi connectivity index (χ1n) is 9.40. The number of nitrogens with one attached hydrogen (secondary N) is 1. The quantitative estimate of drug-likeness (QED) is 0.349. The van der Waals surface area contributed by atoms with Crippen LogP contribution in [0.15, 0.2) is 48.5 Å². The van der Waals surface area contributed by atoms with Crippen LogP contribution in [-0.2, 0) is 13.2 Å². The Morgan fingerprint density at radius 3 is 2.23 bits per heavy atom. The third-order valence-corrected chi connectivity index (χ3v) is 5.86. The molecule has 1 N–H and O–H groups in total. The Bertz CT molecular complexity index is 1020. The predicted octanol–water partition coefficient (Wildman–Crippen LogP) is 8.20. The molecule has 0 aliphatic heterocycles. The van der Waals surface area contributed by atoms with Crippen molar-refractivity contribution in [2.24, 2.45) is 0 Å². The van der Waals surface area contributed by atoms with Gasteiger partial charge in [-0.05, 0) is 61.4 Å². The van der Waals surface area contributed by atoms with Crippen LogP contribution >= 0.6 is 46.4 Å². The molecule has 0 saturated carbocycles. The smallest absolute Gasteiger partial charge is 0.180 e. The van der Waals surface area contributed by atoms with Crippen LogP contribution in [-0.4, -0.2) is 6.61 Å². The number of hydrogen-bond acceptors (Lipinski definition) is 3. The number of aryl methyl sites for hydroxylation is 1. The Hall–Kier alpha value is -1.78. The highest BCUT2D eigenvalue weighted by atomic mass is 35.5. The molecule has 158 valence electrons. The van der Waals surface area contributed by atoms with E-state index < -0.39 is 0 Å². The highest BCUT2D eigenvalue weighted by Crippen LogP contribution is 2.38. The standard InChI is InChI=1S/C23H21Cl4NO2/c1-3-29-22-10-15(12-28-16-8-7-14(2)20(26)11-16)9-21(27)23(22)30-13-17-18(24)5-4-6-19(17)25/h4-11,28H,3,12-13H2,1-2H3. The first-order chi connectivity index (χ1) is 14.4. The zero-order valence-corrected chi connectivity index (χ0v) is 19.6. The van der Waals surface area contributed by atoms with Gasteiger partial charge in [0.05, 0.1) is 11.6 Å². The molecule has 0 aliphatic carbocycles. The highest BCUT2D eigenvalue weighted by molar-refractivity contribution is 6.36. The van der Waals surface area contributed by atoms with Gasteiger partial charge in [-0.3, -0.25) is 0 Å². The summed E-state index contributed by atoms with van der Waals surface area (Å²) in [5.74, 6) is 1.02. The first-order valence-corrected chi connectivity index (χ1v) is 10.9. The third kappa shape index (κ3) is 5.67. The van der Waals surface area contributed by atoms with Crippen molar-refractivity contribution in [3.8, 4) is 11.5 Å². The van der Waals surface area contributed by atoms with Gasteiger partial charge in [-0.2, -0.15) is 0 Å². The maximum Gasteiger partial charge on any atom is 0.180 e. The lowest BCUT2D eigenvalue weighted by Crippen LogP contribution is -2.04. The van der Waals surface area contributed by atoms with E-state index in [-0.39, 0.29) is 6.61 Å². The van der Waals surface area contributed by atoms with Crippen molar-refractivity contribution < 1.29 is 9.47 Å². The van der Waals surface area contributed by atoms with E-state index in [1.54, 1.807) is 18.2 Å². The normalized spacial score (nSPS) is 10.7. The van der Waals surface area contributed by atoms with E-state index in [4.69, 9.17) is 55.9 Å². The van der Waals surface area contributed by atoms with Crippen molar-refractivity contribution >= 4 is 52.1 Å². The minimum Gasteiger partial charge on any atom is -0.490 e. The zero-order chi connectivity index (χ0) is 21.7. The van der Waals surface area contributed by atoms with Gasteiger partial charge >= 0.3 is 0 Å². The van der Waals surface area contributed by atoms with Crippen molar-refractivity contribution in [2.75, 3.05) is 11.9 Å². The lowest BCUT2D eigenvalue weighted by molar-refractivity contribution is 0.269. The molecule has 3 nitrogen and oxygen atoms in total. The second-order valence-corrected chi connectivity index (χ2v) is 8.27. The van der Waals surface area contributed by atoms with Crippen molar-refractivity contribution in [2.45, 2.75) is 27.0 Å². The largest absolute Gasteiger partial charge is 0.490 e. The summed E-state index contributed by atoms with van der Waals surface area (Å²) in [6.07, 6.45) is 0. The molecule has 0 aromatic heterocycles. The third-order valence-electron chi connectivity index (χ3n) is 4.46. The van der Waals surface area contributed by atoms with Gasteiger partial charge in [0, 0.05) is 32.9 Å². The van der Waals surface area contributed by atoms with E-state index in [0.29, 0.717) is 45.3 Å². The van der Waals surface area contributed by atoms with Crippen LogP contribution in [0.4, 0.5) is 5.69 Å². The molecule has 0 fully saturated rings. The summed E-state index contributed by atoms with van der Waals surface area (Å²) in [4.78, 5) is 0. The summed E-state index contributed by atoms with van der Waals surface area (Å²) < 4.78 is 11.7. The van der Waals surface area contributed by atoms with E-state index in [1.807, 2.05) is 44.2 Å². The second-order valence-electron chi connectivity index (χ2n) is 6.64. The molecule has 0 atom stereocenters. The van der Waals surface area contributed by atoms with Crippen molar-refractivity contribution in [3.63, 3.8) is 0 Å². The molecule has 3 rings (SSSR count). The molecule has 0 spiro atoms. The number of hydrogen-bond donors (Lipinski definition) is 1. The van der Waals surface area contributed by atoms with Gasteiger partial charge in [-0.15, -0.1) is 0 Å². The fourth-order valence-electron chi connectivity index (χ4n) is 2.85. The predicted molar refractivity (Wildman–Crippen MR) is 127 cm³/mol. The van der Waals surface area contributed by atoms with Crippen LogP contribution in [0.25, 0.3) is 0 Å². The van der Waals surface area contributed by atoms with Crippen molar-refractivity contribution in [3.05, 3.63) is 85.3 Å². The Morgan fingerprint density at radius 2 is 1.57 bits per heavy atom. The van der Waals surface area contributed by atoms with Crippen LogP contribution in [0.5, 0.6) is 11.5 Å². The van der Waals surface area contributed by atoms with Crippen LogP contribution in [0.2, 0.25) is 20.1 Å². The average molecular weight is 485 g/mol. The maximum absolute atomic E-state index is 6.52. The summed E-state index contributed by atoms with van der Waals surface area (Å²) >= 11 is 25.2. The maximum atomic E-state index is 6.52. The van der Waals surface area contributed by atoms with Crippen LogP contribution in [0.1, 0.15) is 23.6 Å². The molecule has 0 unspecified atom stereocenters. The molecule has 0 aliphatic rings. The molecule has 0 saturated heterocycles. The second kappa shape index (κ2) is 10.5. The van der Waals surface area contributed by atoms with E-state index in [2.05, 4.69) is 5.32 Å². The minimum atomic E-state index is 0.178. The molecule has 0 heterocycles. The van der Waals surface area contributed by atoms with Crippen LogP contribution < -0.4 is 14.8 Å². The monoisotopic (exact) mass is 483 g/mol. The molecular weight excluding hydrogens is 464 g/mol. The van der Waals surface area contributed by atoms with E-state index in [9.17, 15) is 0 Å². The number of halogens is 4. The van der Waals surface area contributed by atoms with E-state index in [1.165, 1.54) is 0 Å². The zero-order valence-electron chi connectivity index (χ0n) is 16.6. The molecular formula is C23H21Cl4NO2. The summed E-state index contributed by atoms with van der Waals surface area (Å²) in [6.45, 7) is 5.08. The molecule has 0 amide bonds. The van der Waals surface area contributed by atoms with Gasteiger partial charge in [0.1, 0.15) is 6.61 Å². The molecule has 0 bridgehead atoms. The summed E-state index contributed by atoms with van der Waals surface area (Å²) in [7, 11) is 0. The Labute approximate surface area is 196 Å². The summed E-state index contributed by atoms with van der Waals surface area (Å²) in [6, 6.07) is 14.9.